The van der Waals surface area contributed by atoms with E-state index in [9.17, 15) is 18.0 Å². The van der Waals surface area contributed by atoms with Crippen molar-refractivity contribution in [2.24, 2.45) is 0 Å². The maximum atomic E-state index is 13.6. The third-order valence-electron chi connectivity index (χ3n) is 5.27. The Kier molecular flexibility index (Phi) is 8.48. The second-order valence-electron chi connectivity index (χ2n) is 7.83. The van der Waals surface area contributed by atoms with Gasteiger partial charge in [0.15, 0.2) is 0 Å². The highest BCUT2D eigenvalue weighted by molar-refractivity contribution is 7.92. The molecule has 9 heteroatoms. The molecule has 0 saturated carbocycles. The molecule has 0 aliphatic heterocycles. The average Bonchev–Trinajstić information content (AvgIpc) is 2.86. The van der Waals surface area contributed by atoms with Crippen LogP contribution in [0.15, 0.2) is 77.7 Å². The summed E-state index contributed by atoms with van der Waals surface area (Å²) in [5.41, 5.74) is 1.59. The highest BCUT2D eigenvalue weighted by atomic mass is 32.2. The number of para-hydroxylation sites is 2. The van der Waals surface area contributed by atoms with E-state index in [2.05, 4.69) is 10.6 Å². The van der Waals surface area contributed by atoms with Gasteiger partial charge in [0, 0.05) is 6.54 Å². The molecule has 0 radical (unpaired) electrons. The van der Waals surface area contributed by atoms with Gasteiger partial charge in [0.25, 0.3) is 15.9 Å². The average molecular weight is 496 g/mol. The zero-order chi connectivity index (χ0) is 25.4. The van der Waals surface area contributed by atoms with E-state index in [-0.39, 0.29) is 10.8 Å². The lowest BCUT2D eigenvalue weighted by Crippen LogP contribution is -2.38. The van der Waals surface area contributed by atoms with E-state index in [1.54, 1.807) is 67.6 Å². The smallest absolute Gasteiger partial charge is 0.264 e. The Bertz CT molecular complexity index is 1290. The van der Waals surface area contributed by atoms with Crippen molar-refractivity contribution in [2.75, 3.05) is 29.8 Å². The molecular formula is C26H29N3O5S. The van der Waals surface area contributed by atoms with E-state index in [1.807, 2.05) is 6.92 Å². The molecule has 0 saturated heterocycles. The van der Waals surface area contributed by atoms with Gasteiger partial charge in [0.2, 0.25) is 5.91 Å². The first-order valence-corrected chi connectivity index (χ1v) is 12.6. The second kappa shape index (κ2) is 11.5. The van der Waals surface area contributed by atoms with Crippen LogP contribution in [0.1, 0.15) is 29.3 Å². The molecular weight excluding hydrogens is 466 g/mol. The number of ether oxygens (including phenoxy) is 1. The molecule has 3 aromatic carbocycles. The first kappa shape index (κ1) is 25.8. The number of hydrogen-bond acceptors (Lipinski definition) is 5. The van der Waals surface area contributed by atoms with E-state index in [1.165, 1.54) is 19.2 Å². The first-order chi connectivity index (χ1) is 16.8. The van der Waals surface area contributed by atoms with Gasteiger partial charge >= 0.3 is 0 Å². The van der Waals surface area contributed by atoms with Gasteiger partial charge < -0.3 is 15.4 Å². The number of sulfonamides is 1. The van der Waals surface area contributed by atoms with E-state index in [0.29, 0.717) is 34.8 Å². The summed E-state index contributed by atoms with van der Waals surface area (Å²) in [4.78, 5) is 25.6. The molecule has 0 bridgehead atoms. The van der Waals surface area contributed by atoms with Crippen LogP contribution in [0.2, 0.25) is 0 Å². The summed E-state index contributed by atoms with van der Waals surface area (Å²) in [6.45, 7) is 3.71. The van der Waals surface area contributed by atoms with Crippen LogP contribution < -0.4 is 19.7 Å². The van der Waals surface area contributed by atoms with Crippen molar-refractivity contribution < 1.29 is 22.7 Å². The minimum atomic E-state index is -4.09. The third-order valence-corrected chi connectivity index (χ3v) is 7.04. The standard InChI is InChI=1S/C26H29N3O5S/c1-4-16-27-26(31)22-12-8-9-13-23(22)28-25(30)18-29(20-10-6-5-7-11-20)35(32,33)21-14-15-24(34-3)19(2)17-21/h5-15,17H,4,16,18H2,1-3H3,(H,27,31)(H,28,30). The molecule has 8 nitrogen and oxygen atoms in total. The Morgan fingerprint density at radius 3 is 2.31 bits per heavy atom. The highest BCUT2D eigenvalue weighted by Crippen LogP contribution is 2.27. The molecule has 3 aromatic rings. The SMILES string of the molecule is CCCNC(=O)c1ccccc1NC(=O)CN(c1ccccc1)S(=O)(=O)c1ccc(OC)c(C)c1. The Labute approximate surface area is 206 Å². The molecule has 0 aliphatic carbocycles. The van der Waals surface area contributed by atoms with Crippen LogP contribution in [0, 0.1) is 6.92 Å². The van der Waals surface area contributed by atoms with E-state index in [0.717, 1.165) is 10.7 Å². The van der Waals surface area contributed by atoms with Gasteiger partial charge in [0.05, 0.1) is 28.9 Å². The fraction of sp³-hybridized carbons (Fsp3) is 0.231. The van der Waals surface area contributed by atoms with Crippen LogP contribution in [0.5, 0.6) is 5.75 Å². The largest absolute Gasteiger partial charge is 0.496 e. The molecule has 0 fully saturated rings. The van der Waals surface area contributed by atoms with Crippen molar-refractivity contribution in [3.63, 3.8) is 0 Å². The minimum Gasteiger partial charge on any atom is -0.496 e. The van der Waals surface area contributed by atoms with Crippen molar-refractivity contribution >= 4 is 33.2 Å². The number of carbonyl (C=O) groups is 2. The third kappa shape index (κ3) is 6.19. The fourth-order valence-electron chi connectivity index (χ4n) is 3.49. The van der Waals surface area contributed by atoms with Crippen molar-refractivity contribution in [2.45, 2.75) is 25.2 Å². The van der Waals surface area contributed by atoms with Crippen molar-refractivity contribution in [1.82, 2.24) is 5.32 Å². The first-order valence-electron chi connectivity index (χ1n) is 11.2. The predicted molar refractivity (Wildman–Crippen MR) is 136 cm³/mol. The number of anilines is 2. The summed E-state index contributed by atoms with van der Waals surface area (Å²) in [5.74, 6) is -0.340. The maximum absolute atomic E-state index is 13.6. The Morgan fingerprint density at radius 1 is 0.971 bits per heavy atom. The minimum absolute atomic E-state index is 0.0341. The predicted octanol–water partition coefficient (Wildman–Crippen LogP) is 3.98. The number of hydrogen-bond donors (Lipinski definition) is 2. The fourth-order valence-corrected chi connectivity index (χ4v) is 5.00. The number of nitrogens with zero attached hydrogens (tertiary/aromatic N) is 1. The summed E-state index contributed by atoms with van der Waals surface area (Å²) in [6, 6.07) is 19.5. The summed E-state index contributed by atoms with van der Waals surface area (Å²) in [6.07, 6.45) is 0.773. The van der Waals surface area contributed by atoms with Crippen LogP contribution in [0.25, 0.3) is 0 Å². The number of benzene rings is 3. The molecule has 3 rings (SSSR count). The van der Waals surface area contributed by atoms with Gasteiger partial charge in [-0.2, -0.15) is 0 Å². The number of methoxy groups -OCH3 is 1. The van der Waals surface area contributed by atoms with Crippen LogP contribution >= 0.6 is 0 Å². The number of nitrogens with one attached hydrogen (secondary N) is 2. The lowest BCUT2D eigenvalue weighted by Gasteiger charge is -2.24. The molecule has 0 unspecified atom stereocenters. The van der Waals surface area contributed by atoms with Gasteiger partial charge in [-0.3, -0.25) is 13.9 Å². The summed E-state index contributed by atoms with van der Waals surface area (Å²) >= 11 is 0. The quantitative estimate of drug-likeness (QED) is 0.443. The molecule has 2 N–H and O–H groups in total. The monoisotopic (exact) mass is 495 g/mol. The van der Waals surface area contributed by atoms with Gasteiger partial charge in [-0.05, 0) is 61.4 Å². The second-order valence-corrected chi connectivity index (χ2v) is 9.69. The lowest BCUT2D eigenvalue weighted by molar-refractivity contribution is -0.114. The number of amides is 2. The summed E-state index contributed by atoms with van der Waals surface area (Å²) < 4.78 is 33.5. The van der Waals surface area contributed by atoms with Gasteiger partial charge in [-0.25, -0.2) is 8.42 Å². The Morgan fingerprint density at radius 2 is 1.66 bits per heavy atom. The van der Waals surface area contributed by atoms with Crippen LogP contribution in [-0.4, -0.2) is 40.4 Å². The number of aryl methyl sites for hydroxylation is 1. The van der Waals surface area contributed by atoms with E-state index in [4.69, 9.17) is 4.74 Å². The van der Waals surface area contributed by atoms with Crippen molar-refractivity contribution in [3.8, 4) is 5.75 Å². The molecule has 184 valence electrons. The van der Waals surface area contributed by atoms with Crippen molar-refractivity contribution in [1.29, 1.82) is 0 Å². The highest BCUT2D eigenvalue weighted by Gasteiger charge is 2.28. The molecule has 0 spiro atoms. The van der Waals surface area contributed by atoms with Crippen LogP contribution in [0.3, 0.4) is 0 Å². The Balaban J connectivity index is 1.91. The van der Waals surface area contributed by atoms with Crippen molar-refractivity contribution in [3.05, 3.63) is 83.9 Å². The number of carbonyl (C=O) groups excluding carboxylic acids is 2. The van der Waals surface area contributed by atoms with Gasteiger partial charge in [-0.15, -0.1) is 0 Å². The van der Waals surface area contributed by atoms with E-state index < -0.39 is 22.5 Å². The maximum Gasteiger partial charge on any atom is 0.264 e. The van der Waals surface area contributed by atoms with Crippen LogP contribution in [-0.2, 0) is 14.8 Å². The van der Waals surface area contributed by atoms with E-state index >= 15 is 0 Å². The normalized spacial score (nSPS) is 10.9. The Hall–Kier alpha value is -3.85. The van der Waals surface area contributed by atoms with Gasteiger partial charge in [0.1, 0.15) is 12.3 Å². The topological polar surface area (TPSA) is 105 Å². The van der Waals surface area contributed by atoms with Crippen LogP contribution in [0.4, 0.5) is 11.4 Å². The van der Waals surface area contributed by atoms with Gasteiger partial charge in [-0.1, -0.05) is 37.3 Å². The molecule has 0 aliphatic rings. The molecule has 0 atom stereocenters. The summed E-state index contributed by atoms with van der Waals surface area (Å²) in [7, 11) is -2.58. The summed E-state index contributed by atoms with van der Waals surface area (Å²) in [5, 5.41) is 5.48. The molecule has 35 heavy (non-hydrogen) atoms. The molecule has 0 aromatic heterocycles. The zero-order valence-electron chi connectivity index (χ0n) is 19.9. The number of rotatable bonds is 10. The lowest BCUT2D eigenvalue weighted by atomic mass is 10.1. The molecule has 0 heterocycles. The molecule has 2 amide bonds. The zero-order valence-corrected chi connectivity index (χ0v) is 20.8.